The fraction of sp³-hybridized carbons (Fsp3) is 0.455. The van der Waals surface area contributed by atoms with E-state index in [1.807, 2.05) is 18.3 Å². The summed E-state index contributed by atoms with van der Waals surface area (Å²) in [6.45, 7) is 5.05. The van der Waals surface area contributed by atoms with Crippen molar-refractivity contribution in [1.82, 2.24) is 19.9 Å². The van der Waals surface area contributed by atoms with E-state index in [4.69, 9.17) is 9.72 Å². The van der Waals surface area contributed by atoms with Gasteiger partial charge in [-0.15, -0.1) is 0 Å². The van der Waals surface area contributed by atoms with Crippen LogP contribution in [0.5, 0.6) is 0 Å². The highest BCUT2D eigenvalue weighted by Crippen LogP contribution is 2.30. The molecule has 2 aliphatic rings. The van der Waals surface area contributed by atoms with E-state index in [2.05, 4.69) is 42.2 Å². The van der Waals surface area contributed by atoms with E-state index in [-0.39, 0.29) is 6.04 Å². The van der Waals surface area contributed by atoms with E-state index < -0.39 is 0 Å². The maximum absolute atomic E-state index is 5.53. The smallest absolute Gasteiger partial charge is 0.222 e. The zero-order chi connectivity index (χ0) is 20.2. The molecule has 0 aliphatic carbocycles. The molecule has 8 nitrogen and oxygen atoms in total. The van der Waals surface area contributed by atoms with E-state index in [0.717, 1.165) is 74.8 Å². The first-order chi connectivity index (χ1) is 14.9. The van der Waals surface area contributed by atoms with Crippen LogP contribution in [0.3, 0.4) is 0 Å². The molecule has 5 heterocycles. The first-order valence-electron chi connectivity index (χ1n) is 10.7. The van der Waals surface area contributed by atoms with Crippen molar-refractivity contribution in [3.8, 4) is 0 Å². The van der Waals surface area contributed by atoms with Gasteiger partial charge in [-0.1, -0.05) is 0 Å². The number of hydrogen-bond acceptors (Lipinski definition) is 8. The first-order valence-corrected chi connectivity index (χ1v) is 10.7. The van der Waals surface area contributed by atoms with Crippen LogP contribution in [-0.2, 0) is 4.74 Å². The normalized spacial score (nSPS) is 20.2. The minimum atomic E-state index is 0.274. The summed E-state index contributed by atoms with van der Waals surface area (Å²) >= 11 is 0. The minimum Gasteiger partial charge on any atom is -0.378 e. The summed E-state index contributed by atoms with van der Waals surface area (Å²) in [5.74, 6) is 2.69. The van der Waals surface area contributed by atoms with Gasteiger partial charge in [-0.25, -0.2) is 15.0 Å². The molecule has 156 valence electrons. The van der Waals surface area contributed by atoms with Crippen LogP contribution in [-0.4, -0.2) is 65.4 Å². The van der Waals surface area contributed by atoms with Crippen molar-refractivity contribution in [3.63, 3.8) is 0 Å². The van der Waals surface area contributed by atoms with Gasteiger partial charge in [-0.3, -0.25) is 4.98 Å². The fourth-order valence-electron chi connectivity index (χ4n) is 4.25. The third-order valence-electron chi connectivity index (χ3n) is 5.77. The van der Waals surface area contributed by atoms with Gasteiger partial charge in [-0.05, 0) is 37.5 Å². The predicted octanol–water partition coefficient (Wildman–Crippen LogP) is 2.73. The standard InChI is InChI=1S/C22H27N7O/c1-2-10-29(16-17(5-1)26-22-24-8-4-9-25-22)21-18-6-3-7-23-19(18)15-20(27-21)28-11-13-30-14-12-28/h3-4,6-9,15,17H,1-2,5,10-14,16H2,(H,24,25,26). The van der Waals surface area contributed by atoms with Gasteiger partial charge in [0.15, 0.2) is 0 Å². The molecule has 30 heavy (non-hydrogen) atoms. The predicted molar refractivity (Wildman–Crippen MR) is 118 cm³/mol. The number of fused-ring (bicyclic) bond motifs is 1. The highest BCUT2D eigenvalue weighted by atomic mass is 16.5. The zero-order valence-electron chi connectivity index (χ0n) is 17.1. The molecule has 8 heteroatoms. The second-order valence-corrected chi connectivity index (χ2v) is 7.83. The van der Waals surface area contributed by atoms with Crippen LogP contribution >= 0.6 is 0 Å². The summed E-state index contributed by atoms with van der Waals surface area (Å²) in [6.07, 6.45) is 8.80. The maximum Gasteiger partial charge on any atom is 0.222 e. The van der Waals surface area contributed by atoms with Crippen molar-refractivity contribution in [2.75, 3.05) is 54.5 Å². The second-order valence-electron chi connectivity index (χ2n) is 7.83. The van der Waals surface area contributed by atoms with E-state index in [1.54, 1.807) is 12.4 Å². The molecule has 1 atom stereocenters. The Bertz CT molecular complexity index is 978. The van der Waals surface area contributed by atoms with Crippen LogP contribution in [0, 0.1) is 0 Å². The lowest BCUT2D eigenvalue weighted by atomic mass is 10.1. The van der Waals surface area contributed by atoms with Crippen molar-refractivity contribution in [1.29, 1.82) is 0 Å². The van der Waals surface area contributed by atoms with Crippen molar-refractivity contribution < 1.29 is 4.74 Å². The number of aromatic nitrogens is 4. The van der Waals surface area contributed by atoms with Crippen LogP contribution < -0.4 is 15.1 Å². The monoisotopic (exact) mass is 405 g/mol. The molecule has 0 aromatic carbocycles. The van der Waals surface area contributed by atoms with Crippen molar-refractivity contribution in [3.05, 3.63) is 42.9 Å². The molecule has 1 N–H and O–H groups in total. The lowest BCUT2D eigenvalue weighted by Gasteiger charge is -2.31. The summed E-state index contributed by atoms with van der Waals surface area (Å²) < 4.78 is 5.53. The molecule has 0 radical (unpaired) electrons. The van der Waals surface area contributed by atoms with Gasteiger partial charge in [0.1, 0.15) is 11.6 Å². The lowest BCUT2D eigenvalue weighted by molar-refractivity contribution is 0.122. The summed E-state index contributed by atoms with van der Waals surface area (Å²) in [5.41, 5.74) is 0.990. The van der Waals surface area contributed by atoms with Gasteiger partial charge >= 0.3 is 0 Å². The minimum absolute atomic E-state index is 0.274. The van der Waals surface area contributed by atoms with Gasteiger partial charge in [0.05, 0.1) is 18.7 Å². The molecule has 2 saturated heterocycles. The molecule has 0 amide bonds. The number of ether oxygens (including phenoxy) is 1. The number of nitrogens with zero attached hydrogens (tertiary/aromatic N) is 6. The molecule has 2 fully saturated rings. The Morgan fingerprint density at radius 3 is 2.63 bits per heavy atom. The molecule has 1 unspecified atom stereocenters. The zero-order valence-corrected chi connectivity index (χ0v) is 17.1. The SMILES string of the molecule is c1cnc(NC2CCCCN(c3nc(N4CCOCC4)cc4ncccc34)C2)nc1. The first kappa shape index (κ1) is 19.0. The third-order valence-corrected chi connectivity index (χ3v) is 5.77. The molecule has 0 spiro atoms. The van der Waals surface area contributed by atoms with Crippen LogP contribution in [0.25, 0.3) is 10.9 Å². The Labute approximate surface area is 176 Å². The van der Waals surface area contributed by atoms with Gasteiger partial charge in [-0.2, -0.15) is 0 Å². The Hall–Kier alpha value is -3.00. The molecule has 2 aliphatic heterocycles. The Balaban J connectivity index is 1.47. The van der Waals surface area contributed by atoms with Gasteiger partial charge in [0, 0.05) is 62.3 Å². The average Bonchev–Trinajstić information content (AvgIpc) is 3.05. The Morgan fingerprint density at radius 2 is 1.77 bits per heavy atom. The molecule has 0 bridgehead atoms. The van der Waals surface area contributed by atoms with Crippen molar-refractivity contribution in [2.45, 2.75) is 25.3 Å². The lowest BCUT2D eigenvalue weighted by Crippen LogP contribution is -2.38. The number of pyridine rings is 2. The third kappa shape index (κ3) is 4.14. The van der Waals surface area contributed by atoms with Gasteiger partial charge in [0.25, 0.3) is 0 Å². The summed E-state index contributed by atoms with van der Waals surface area (Å²) in [4.78, 5) is 23.2. The van der Waals surface area contributed by atoms with E-state index in [9.17, 15) is 0 Å². The molecule has 3 aromatic rings. The van der Waals surface area contributed by atoms with Crippen LogP contribution in [0.15, 0.2) is 42.9 Å². The van der Waals surface area contributed by atoms with Crippen LogP contribution in [0.2, 0.25) is 0 Å². The summed E-state index contributed by atoms with van der Waals surface area (Å²) in [5, 5.41) is 4.62. The molecule has 5 rings (SSSR count). The topological polar surface area (TPSA) is 79.3 Å². The van der Waals surface area contributed by atoms with E-state index in [1.165, 1.54) is 6.42 Å². The van der Waals surface area contributed by atoms with E-state index >= 15 is 0 Å². The van der Waals surface area contributed by atoms with Gasteiger partial charge < -0.3 is 19.9 Å². The maximum atomic E-state index is 5.53. The number of morpholine rings is 1. The quantitative estimate of drug-likeness (QED) is 0.710. The summed E-state index contributed by atoms with van der Waals surface area (Å²) in [7, 11) is 0. The molecular formula is C22H27N7O. The van der Waals surface area contributed by atoms with Crippen LogP contribution in [0.1, 0.15) is 19.3 Å². The number of rotatable bonds is 4. The van der Waals surface area contributed by atoms with Gasteiger partial charge in [0.2, 0.25) is 5.95 Å². The average molecular weight is 406 g/mol. The van der Waals surface area contributed by atoms with Crippen molar-refractivity contribution >= 4 is 28.5 Å². The molecular weight excluding hydrogens is 378 g/mol. The molecule has 3 aromatic heterocycles. The fourth-order valence-corrected chi connectivity index (χ4v) is 4.25. The number of anilines is 3. The second kappa shape index (κ2) is 8.79. The Morgan fingerprint density at radius 1 is 0.933 bits per heavy atom. The van der Waals surface area contributed by atoms with Crippen LogP contribution in [0.4, 0.5) is 17.6 Å². The van der Waals surface area contributed by atoms with Crippen molar-refractivity contribution in [2.24, 2.45) is 0 Å². The molecule has 0 saturated carbocycles. The largest absolute Gasteiger partial charge is 0.378 e. The number of nitrogens with one attached hydrogen (secondary N) is 1. The highest BCUT2D eigenvalue weighted by molar-refractivity contribution is 5.91. The Kier molecular flexibility index (Phi) is 5.56. The number of hydrogen-bond donors (Lipinski definition) is 1. The summed E-state index contributed by atoms with van der Waals surface area (Å²) in [6, 6.07) is 8.34. The van der Waals surface area contributed by atoms with E-state index in [0.29, 0.717) is 5.95 Å². The highest BCUT2D eigenvalue weighted by Gasteiger charge is 2.23.